The third kappa shape index (κ3) is 3.43. The van der Waals surface area contributed by atoms with Gasteiger partial charge in [0, 0.05) is 24.3 Å². The van der Waals surface area contributed by atoms with Gasteiger partial charge in [-0.3, -0.25) is 9.78 Å². The highest BCUT2D eigenvalue weighted by molar-refractivity contribution is 8.13. The van der Waals surface area contributed by atoms with Crippen LogP contribution in [0.3, 0.4) is 0 Å². The van der Waals surface area contributed by atoms with Crippen molar-refractivity contribution in [1.82, 2.24) is 4.98 Å². The van der Waals surface area contributed by atoms with Crippen LogP contribution in [0.15, 0.2) is 42.6 Å². The van der Waals surface area contributed by atoms with Crippen LogP contribution in [0.2, 0.25) is 0 Å². The van der Waals surface area contributed by atoms with Gasteiger partial charge in [-0.25, -0.2) is 0 Å². The lowest BCUT2D eigenvalue weighted by Gasteiger charge is -1.98. The highest BCUT2D eigenvalue weighted by Gasteiger charge is 1.94. The smallest absolute Gasteiger partial charge is 0.186 e. The fourth-order valence-electron chi connectivity index (χ4n) is 1.53. The molecule has 2 rings (SSSR count). The summed E-state index contributed by atoms with van der Waals surface area (Å²) < 4.78 is 0. The molecule has 0 aliphatic heterocycles. The molecule has 0 aliphatic carbocycles. The maximum absolute atomic E-state index is 10.7. The second-order valence-electron chi connectivity index (χ2n) is 3.67. The Morgan fingerprint density at radius 1 is 1.41 bits per heavy atom. The molecule has 86 valence electrons. The molecule has 1 aromatic heterocycles. The lowest BCUT2D eigenvalue weighted by atomic mass is 10.1. The predicted molar refractivity (Wildman–Crippen MR) is 73.9 cm³/mol. The van der Waals surface area contributed by atoms with Crippen molar-refractivity contribution in [3.63, 3.8) is 0 Å². The van der Waals surface area contributed by atoms with Crippen LogP contribution < -0.4 is 0 Å². The number of hydrogen-bond acceptors (Lipinski definition) is 3. The molecule has 1 heterocycles. The van der Waals surface area contributed by atoms with Gasteiger partial charge in [0.25, 0.3) is 0 Å². The lowest BCUT2D eigenvalue weighted by molar-refractivity contribution is -0.109. The number of para-hydroxylation sites is 1. The van der Waals surface area contributed by atoms with Crippen molar-refractivity contribution in [3.05, 3.63) is 48.2 Å². The van der Waals surface area contributed by atoms with Gasteiger partial charge in [0.05, 0.1) is 5.52 Å². The lowest BCUT2D eigenvalue weighted by Crippen LogP contribution is -1.83. The first kappa shape index (κ1) is 11.9. The summed E-state index contributed by atoms with van der Waals surface area (Å²) in [7, 11) is 0. The minimum atomic E-state index is 0.145. The standard InChI is InChI=1S/C14H13NOS/c1-11(16)17-8-4-5-12-9-13-6-2-3-7-14(13)15-10-12/h2-7,9-10H,8H2,1H3. The van der Waals surface area contributed by atoms with Crippen molar-refractivity contribution in [2.75, 3.05) is 5.75 Å². The minimum absolute atomic E-state index is 0.145. The van der Waals surface area contributed by atoms with Crippen molar-refractivity contribution < 1.29 is 4.79 Å². The van der Waals surface area contributed by atoms with Gasteiger partial charge >= 0.3 is 0 Å². The number of rotatable bonds is 3. The predicted octanol–water partition coefficient (Wildman–Crippen LogP) is 3.53. The molecule has 3 heteroatoms. The van der Waals surface area contributed by atoms with E-state index in [0.29, 0.717) is 5.75 Å². The molecule has 0 unspecified atom stereocenters. The van der Waals surface area contributed by atoms with Crippen molar-refractivity contribution in [1.29, 1.82) is 0 Å². The number of nitrogens with zero attached hydrogens (tertiary/aromatic N) is 1. The number of fused-ring (bicyclic) bond motifs is 1. The summed E-state index contributed by atoms with van der Waals surface area (Å²) in [6.07, 6.45) is 5.82. The van der Waals surface area contributed by atoms with E-state index in [-0.39, 0.29) is 5.12 Å². The number of hydrogen-bond donors (Lipinski definition) is 0. The van der Waals surface area contributed by atoms with Gasteiger partial charge in [-0.1, -0.05) is 42.1 Å². The number of carbonyl (C=O) groups excluding carboxylic acids is 1. The van der Waals surface area contributed by atoms with E-state index in [1.807, 2.05) is 42.6 Å². The van der Waals surface area contributed by atoms with Gasteiger partial charge in [-0.15, -0.1) is 0 Å². The third-order valence-electron chi connectivity index (χ3n) is 2.30. The number of pyridine rings is 1. The Balaban J connectivity index is 2.11. The Labute approximate surface area is 105 Å². The summed E-state index contributed by atoms with van der Waals surface area (Å²) in [6.45, 7) is 1.58. The molecule has 0 bridgehead atoms. The van der Waals surface area contributed by atoms with Crippen LogP contribution in [0.25, 0.3) is 17.0 Å². The van der Waals surface area contributed by atoms with E-state index in [2.05, 4.69) is 11.1 Å². The van der Waals surface area contributed by atoms with E-state index >= 15 is 0 Å². The molecule has 0 saturated carbocycles. The van der Waals surface area contributed by atoms with Crippen LogP contribution >= 0.6 is 11.8 Å². The zero-order valence-corrected chi connectivity index (χ0v) is 10.4. The topological polar surface area (TPSA) is 30.0 Å². The Kier molecular flexibility index (Phi) is 3.94. The summed E-state index contributed by atoms with van der Waals surface area (Å²) in [5.74, 6) is 0.710. The molecule has 0 spiro atoms. The van der Waals surface area contributed by atoms with Gasteiger partial charge in [-0.2, -0.15) is 0 Å². The maximum Gasteiger partial charge on any atom is 0.186 e. The zero-order valence-electron chi connectivity index (χ0n) is 9.59. The number of carbonyl (C=O) groups is 1. The van der Waals surface area contributed by atoms with E-state index in [1.54, 1.807) is 6.92 Å². The maximum atomic E-state index is 10.7. The number of aromatic nitrogens is 1. The monoisotopic (exact) mass is 243 g/mol. The summed E-state index contributed by atoms with van der Waals surface area (Å²) in [5, 5.41) is 1.28. The summed E-state index contributed by atoms with van der Waals surface area (Å²) in [6, 6.07) is 10.1. The van der Waals surface area contributed by atoms with Crippen LogP contribution in [-0.2, 0) is 4.79 Å². The Morgan fingerprint density at radius 2 is 2.24 bits per heavy atom. The Bertz CT molecular complexity index is 563. The largest absolute Gasteiger partial charge is 0.288 e. The molecule has 0 saturated heterocycles. The molecular weight excluding hydrogens is 230 g/mol. The summed E-state index contributed by atoms with van der Waals surface area (Å²) in [5.41, 5.74) is 2.07. The summed E-state index contributed by atoms with van der Waals surface area (Å²) >= 11 is 1.31. The molecular formula is C14H13NOS. The van der Waals surface area contributed by atoms with Crippen LogP contribution in [-0.4, -0.2) is 15.9 Å². The average Bonchev–Trinajstić information content (AvgIpc) is 2.34. The fourth-order valence-corrected chi connectivity index (χ4v) is 1.96. The quantitative estimate of drug-likeness (QED) is 0.826. The van der Waals surface area contributed by atoms with Crippen molar-refractivity contribution in [3.8, 4) is 0 Å². The van der Waals surface area contributed by atoms with Crippen molar-refractivity contribution >= 4 is 33.9 Å². The Hall–Kier alpha value is -1.61. The SMILES string of the molecule is CC(=O)SCC=Cc1cnc2ccccc2c1. The van der Waals surface area contributed by atoms with E-state index < -0.39 is 0 Å². The van der Waals surface area contributed by atoms with Gasteiger partial charge in [0.15, 0.2) is 5.12 Å². The van der Waals surface area contributed by atoms with Crippen LogP contribution in [0.5, 0.6) is 0 Å². The first-order valence-electron chi connectivity index (χ1n) is 5.40. The molecule has 0 fully saturated rings. The summed E-state index contributed by atoms with van der Waals surface area (Å²) in [4.78, 5) is 15.1. The van der Waals surface area contributed by atoms with Gasteiger partial charge in [0.1, 0.15) is 0 Å². The van der Waals surface area contributed by atoms with Crippen LogP contribution in [0, 0.1) is 0 Å². The third-order valence-corrected chi connectivity index (χ3v) is 3.07. The van der Waals surface area contributed by atoms with Gasteiger partial charge in [0.2, 0.25) is 0 Å². The molecule has 0 amide bonds. The first-order valence-corrected chi connectivity index (χ1v) is 6.39. The molecule has 0 N–H and O–H groups in total. The molecule has 17 heavy (non-hydrogen) atoms. The molecule has 2 nitrogen and oxygen atoms in total. The van der Waals surface area contributed by atoms with Gasteiger partial charge < -0.3 is 0 Å². The molecule has 0 radical (unpaired) electrons. The van der Waals surface area contributed by atoms with Crippen molar-refractivity contribution in [2.24, 2.45) is 0 Å². The Morgan fingerprint density at radius 3 is 3.06 bits per heavy atom. The zero-order chi connectivity index (χ0) is 12.1. The number of benzene rings is 1. The molecule has 0 aliphatic rings. The van der Waals surface area contributed by atoms with E-state index in [9.17, 15) is 4.79 Å². The first-order chi connectivity index (χ1) is 8.25. The number of thioether (sulfide) groups is 1. The van der Waals surface area contributed by atoms with E-state index in [1.165, 1.54) is 11.8 Å². The van der Waals surface area contributed by atoms with Crippen LogP contribution in [0.1, 0.15) is 12.5 Å². The second-order valence-corrected chi connectivity index (χ2v) is 4.86. The second kappa shape index (κ2) is 5.64. The molecule has 2 aromatic rings. The van der Waals surface area contributed by atoms with E-state index in [4.69, 9.17) is 0 Å². The van der Waals surface area contributed by atoms with Crippen LogP contribution in [0.4, 0.5) is 0 Å². The van der Waals surface area contributed by atoms with Gasteiger partial charge in [-0.05, 0) is 17.7 Å². The minimum Gasteiger partial charge on any atom is -0.288 e. The average molecular weight is 243 g/mol. The molecule has 0 atom stereocenters. The highest BCUT2D eigenvalue weighted by Crippen LogP contribution is 2.14. The highest BCUT2D eigenvalue weighted by atomic mass is 32.2. The fraction of sp³-hybridized carbons (Fsp3) is 0.143. The normalized spacial score (nSPS) is 11.1. The van der Waals surface area contributed by atoms with E-state index in [0.717, 1.165) is 16.5 Å². The molecule has 1 aromatic carbocycles. The van der Waals surface area contributed by atoms with Crippen molar-refractivity contribution in [2.45, 2.75) is 6.92 Å².